The van der Waals surface area contributed by atoms with Gasteiger partial charge in [-0.25, -0.2) is 8.42 Å². The normalized spacial score (nSPS) is 20.4. The van der Waals surface area contributed by atoms with Gasteiger partial charge in [-0.1, -0.05) is 17.7 Å². The van der Waals surface area contributed by atoms with Crippen molar-refractivity contribution >= 4 is 27.3 Å². The lowest BCUT2D eigenvalue weighted by Crippen LogP contribution is -2.28. The average molecular weight is 382 g/mol. The zero-order chi connectivity index (χ0) is 17.8. The number of ether oxygens (including phenoxy) is 3. The molecule has 0 saturated heterocycles. The van der Waals surface area contributed by atoms with Crippen molar-refractivity contribution in [1.29, 1.82) is 0 Å². The first-order valence-electron chi connectivity index (χ1n) is 7.69. The molecule has 0 aliphatic carbocycles. The molecule has 2 heterocycles. The lowest BCUT2D eigenvalue weighted by atomic mass is 9.98. The molecule has 2 aliphatic heterocycles. The molecule has 0 radical (unpaired) electrons. The molecule has 2 aromatic carbocycles. The summed E-state index contributed by atoms with van der Waals surface area (Å²) < 4.78 is 44.6. The molecular formula is C17H16ClNO5S. The molecule has 6 nitrogen and oxygen atoms in total. The van der Waals surface area contributed by atoms with Crippen molar-refractivity contribution < 1.29 is 22.6 Å². The molecule has 8 heteroatoms. The minimum absolute atomic E-state index is 0.121. The number of fused-ring (bicyclic) bond motifs is 4. The molecule has 0 spiro atoms. The number of benzene rings is 2. The van der Waals surface area contributed by atoms with Crippen LogP contribution >= 0.6 is 11.6 Å². The van der Waals surface area contributed by atoms with E-state index in [0.29, 0.717) is 46.5 Å². The van der Waals surface area contributed by atoms with Crippen LogP contribution < -0.4 is 13.8 Å². The van der Waals surface area contributed by atoms with E-state index in [1.807, 2.05) is 6.07 Å². The Hall–Kier alpha value is -1.96. The standard InChI is InChI=1S/C17H16ClNO5S/c1-19-15-12(5-6-13-17(15)24-8-7-23-13)16(22-2)11-4-3-10(18)9-14(11)25(19,20)21/h3-6,9,16H,7-8H2,1-2H3. The van der Waals surface area contributed by atoms with Crippen LogP contribution in [0.25, 0.3) is 0 Å². The Morgan fingerprint density at radius 1 is 1.16 bits per heavy atom. The minimum atomic E-state index is -3.84. The lowest BCUT2D eigenvalue weighted by molar-refractivity contribution is 0.133. The number of hydrogen-bond acceptors (Lipinski definition) is 5. The van der Waals surface area contributed by atoms with Crippen molar-refractivity contribution in [2.45, 2.75) is 11.0 Å². The van der Waals surface area contributed by atoms with Crippen LogP contribution in [0.2, 0.25) is 5.02 Å². The third-order valence-electron chi connectivity index (χ3n) is 4.44. The third kappa shape index (κ3) is 2.38. The highest BCUT2D eigenvalue weighted by atomic mass is 35.5. The molecule has 4 rings (SSSR count). The molecule has 0 N–H and O–H groups in total. The summed E-state index contributed by atoms with van der Waals surface area (Å²) in [4.78, 5) is 0.121. The van der Waals surface area contributed by atoms with E-state index in [0.717, 1.165) is 0 Å². The predicted molar refractivity (Wildman–Crippen MR) is 93.3 cm³/mol. The zero-order valence-corrected chi connectivity index (χ0v) is 15.2. The second-order valence-electron chi connectivity index (χ2n) is 5.80. The summed E-state index contributed by atoms with van der Waals surface area (Å²) >= 11 is 6.05. The number of methoxy groups -OCH3 is 1. The van der Waals surface area contributed by atoms with Crippen LogP contribution in [0.15, 0.2) is 35.2 Å². The first kappa shape index (κ1) is 16.5. The highest BCUT2D eigenvalue weighted by molar-refractivity contribution is 7.92. The van der Waals surface area contributed by atoms with Crippen LogP contribution in [-0.4, -0.2) is 35.8 Å². The van der Waals surface area contributed by atoms with E-state index in [9.17, 15) is 8.42 Å². The Morgan fingerprint density at radius 2 is 1.88 bits per heavy atom. The maximum Gasteiger partial charge on any atom is 0.264 e. The summed E-state index contributed by atoms with van der Waals surface area (Å²) in [5.74, 6) is 0.932. The fourth-order valence-electron chi connectivity index (χ4n) is 3.29. The largest absolute Gasteiger partial charge is 0.486 e. The Balaban J connectivity index is 2.08. The van der Waals surface area contributed by atoms with Gasteiger partial charge in [-0.2, -0.15) is 0 Å². The fraction of sp³-hybridized carbons (Fsp3) is 0.294. The number of sulfonamides is 1. The van der Waals surface area contributed by atoms with Gasteiger partial charge in [-0.05, 0) is 24.3 Å². The van der Waals surface area contributed by atoms with Gasteiger partial charge in [-0.15, -0.1) is 0 Å². The fourth-order valence-corrected chi connectivity index (χ4v) is 5.00. The van der Waals surface area contributed by atoms with E-state index in [1.54, 1.807) is 25.3 Å². The monoisotopic (exact) mass is 381 g/mol. The smallest absolute Gasteiger partial charge is 0.264 e. The molecule has 0 aromatic heterocycles. The van der Waals surface area contributed by atoms with Gasteiger partial charge in [0.05, 0.1) is 4.90 Å². The number of halogens is 1. The van der Waals surface area contributed by atoms with Crippen LogP contribution in [-0.2, 0) is 14.8 Å². The molecule has 132 valence electrons. The Morgan fingerprint density at radius 3 is 2.64 bits per heavy atom. The van der Waals surface area contributed by atoms with Crippen molar-refractivity contribution in [2.24, 2.45) is 0 Å². The Labute approximate surface area is 150 Å². The molecule has 1 unspecified atom stereocenters. The molecule has 0 fully saturated rings. The van der Waals surface area contributed by atoms with Gasteiger partial charge in [0.2, 0.25) is 0 Å². The zero-order valence-electron chi connectivity index (χ0n) is 13.7. The van der Waals surface area contributed by atoms with Crippen molar-refractivity contribution in [1.82, 2.24) is 0 Å². The van der Waals surface area contributed by atoms with Gasteiger partial charge in [0, 0.05) is 30.3 Å². The van der Waals surface area contributed by atoms with Gasteiger partial charge >= 0.3 is 0 Å². The summed E-state index contributed by atoms with van der Waals surface area (Å²) in [6.07, 6.45) is -0.571. The van der Waals surface area contributed by atoms with Crippen molar-refractivity contribution in [3.05, 3.63) is 46.5 Å². The topological polar surface area (TPSA) is 65.1 Å². The highest BCUT2D eigenvalue weighted by Gasteiger charge is 2.38. The van der Waals surface area contributed by atoms with E-state index in [2.05, 4.69) is 0 Å². The lowest BCUT2D eigenvalue weighted by Gasteiger charge is -2.27. The molecule has 1 atom stereocenters. The highest BCUT2D eigenvalue weighted by Crippen LogP contribution is 2.50. The number of rotatable bonds is 1. The number of nitrogens with zero attached hydrogens (tertiary/aromatic N) is 1. The van der Waals surface area contributed by atoms with Crippen molar-refractivity contribution in [3.63, 3.8) is 0 Å². The maximum absolute atomic E-state index is 13.2. The summed E-state index contributed by atoms with van der Waals surface area (Å²) in [7, 11) is -0.798. The number of anilines is 1. The van der Waals surface area contributed by atoms with E-state index < -0.39 is 16.1 Å². The van der Waals surface area contributed by atoms with E-state index >= 15 is 0 Å². The summed E-state index contributed by atoms with van der Waals surface area (Å²) in [6.45, 7) is 0.777. The van der Waals surface area contributed by atoms with Gasteiger partial charge in [0.25, 0.3) is 10.0 Å². The van der Waals surface area contributed by atoms with Crippen molar-refractivity contribution in [2.75, 3.05) is 31.7 Å². The summed E-state index contributed by atoms with van der Waals surface area (Å²) in [5, 5.41) is 0.346. The van der Waals surface area contributed by atoms with Gasteiger partial charge in [0.1, 0.15) is 25.0 Å². The van der Waals surface area contributed by atoms with E-state index in [1.165, 1.54) is 17.4 Å². The minimum Gasteiger partial charge on any atom is -0.486 e. The first-order valence-corrected chi connectivity index (χ1v) is 9.50. The van der Waals surface area contributed by atoms with E-state index in [-0.39, 0.29) is 4.90 Å². The third-order valence-corrected chi connectivity index (χ3v) is 6.49. The molecule has 0 amide bonds. The second-order valence-corrected chi connectivity index (χ2v) is 8.17. The van der Waals surface area contributed by atoms with Gasteiger partial charge in [-0.3, -0.25) is 4.31 Å². The van der Waals surface area contributed by atoms with Crippen LogP contribution in [0.4, 0.5) is 5.69 Å². The number of hydrogen-bond donors (Lipinski definition) is 0. The molecule has 0 bridgehead atoms. The van der Waals surface area contributed by atoms with Crippen LogP contribution in [0.1, 0.15) is 17.2 Å². The summed E-state index contributed by atoms with van der Waals surface area (Å²) in [5.41, 5.74) is 1.66. The molecule has 25 heavy (non-hydrogen) atoms. The second kappa shape index (κ2) is 5.79. The van der Waals surface area contributed by atoms with Crippen LogP contribution in [0, 0.1) is 0 Å². The summed E-state index contributed by atoms with van der Waals surface area (Å²) in [6, 6.07) is 8.38. The maximum atomic E-state index is 13.2. The Bertz CT molecular complexity index is 960. The van der Waals surface area contributed by atoms with Crippen molar-refractivity contribution in [3.8, 4) is 11.5 Å². The Kier molecular flexibility index (Phi) is 3.82. The SMILES string of the molecule is COC1c2ccc(Cl)cc2S(=O)(=O)N(C)c2c1ccc1c2OCCO1. The van der Waals surface area contributed by atoms with Crippen LogP contribution in [0.5, 0.6) is 11.5 Å². The van der Waals surface area contributed by atoms with Gasteiger partial charge in [0.15, 0.2) is 11.5 Å². The predicted octanol–water partition coefficient (Wildman–Crippen LogP) is 2.99. The average Bonchev–Trinajstić information content (AvgIpc) is 2.68. The quantitative estimate of drug-likeness (QED) is 0.759. The first-order chi connectivity index (χ1) is 11.9. The van der Waals surface area contributed by atoms with Crippen LogP contribution in [0.3, 0.4) is 0 Å². The molecular weight excluding hydrogens is 366 g/mol. The van der Waals surface area contributed by atoms with E-state index in [4.69, 9.17) is 25.8 Å². The molecule has 2 aliphatic rings. The van der Waals surface area contributed by atoms with Gasteiger partial charge < -0.3 is 14.2 Å². The molecule has 0 saturated carbocycles. The molecule has 2 aromatic rings.